The van der Waals surface area contributed by atoms with Gasteiger partial charge in [-0.2, -0.15) is 13.2 Å². The molecule has 1 aromatic heterocycles. The first-order valence-electron chi connectivity index (χ1n) is 5.38. The maximum atomic E-state index is 12.3. The topological polar surface area (TPSA) is 53.4 Å². The Labute approximate surface area is 101 Å². The number of alkyl halides is 3. The van der Waals surface area contributed by atoms with Crippen LogP contribution in [0.4, 0.5) is 13.2 Å². The third-order valence-electron chi connectivity index (χ3n) is 2.76. The highest BCUT2D eigenvalue weighted by atomic mass is 19.4. The van der Waals surface area contributed by atoms with Gasteiger partial charge in [0.05, 0.1) is 11.7 Å². The first-order valence-corrected chi connectivity index (χ1v) is 5.38. The molecule has 1 fully saturated rings. The Bertz CT molecular complexity index is 445. The number of aromatic nitrogens is 1. The van der Waals surface area contributed by atoms with E-state index in [0.29, 0.717) is 19.2 Å². The van der Waals surface area contributed by atoms with Crippen LogP contribution in [0.5, 0.6) is 0 Å². The fourth-order valence-electron chi connectivity index (χ4n) is 1.78. The van der Waals surface area contributed by atoms with Crippen LogP contribution in [-0.4, -0.2) is 40.1 Å². The zero-order valence-electron chi connectivity index (χ0n) is 9.31. The molecule has 0 unspecified atom stereocenters. The summed E-state index contributed by atoms with van der Waals surface area (Å²) in [6.45, 7) is 0.588. The number of carbonyl (C=O) groups excluding carboxylic acids is 1. The van der Waals surface area contributed by atoms with E-state index in [1.165, 1.54) is 4.90 Å². The molecule has 0 bridgehead atoms. The second-order valence-corrected chi connectivity index (χ2v) is 4.12. The van der Waals surface area contributed by atoms with Gasteiger partial charge in [-0.3, -0.25) is 9.78 Å². The highest BCUT2D eigenvalue weighted by Crippen LogP contribution is 2.28. The van der Waals surface area contributed by atoms with Crippen LogP contribution in [0.2, 0.25) is 0 Å². The van der Waals surface area contributed by atoms with Gasteiger partial charge in [-0.1, -0.05) is 0 Å². The number of rotatable bonds is 1. The molecule has 1 amide bonds. The summed E-state index contributed by atoms with van der Waals surface area (Å²) in [5, 5.41) is 9.28. The van der Waals surface area contributed by atoms with Crippen LogP contribution in [0.25, 0.3) is 0 Å². The molecule has 7 heteroatoms. The molecule has 1 saturated heterocycles. The van der Waals surface area contributed by atoms with Gasteiger partial charge in [0.15, 0.2) is 0 Å². The van der Waals surface area contributed by atoms with Crippen molar-refractivity contribution in [2.45, 2.75) is 18.7 Å². The van der Waals surface area contributed by atoms with Crippen molar-refractivity contribution in [3.05, 3.63) is 29.6 Å². The van der Waals surface area contributed by atoms with Crippen molar-refractivity contribution in [2.24, 2.45) is 0 Å². The Morgan fingerprint density at radius 1 is 1.44 bits per heavy atom. The number of carbonyl (C=O) groups is 1. The number of halogens is 3. The Balaban J connectivity index is 2.12. The summed E-state index contributed by atoms with van der Waals surface area (Å²) in [4.78, 5) is 16.7. The molecule has 2 heterocycles. The number of pyridine rings is 1. The van der Waals surface area contributed by atoms with Crippen LogP contribution >= 0.6 is 0 Å². The average Bonchev–Trinajstić information content (AvgIpc) is 2.74. The number of hydrogen-bond donors (Lipinski definition) is 1. The normalized spacial score (nSPS) is 20.2. The monoisotopic (exact) mass is 260 g/mol. The lowest BCUT2D eigenvalue weighted by Gasteiger charge is -2.15. The first kappa shape index (κ1) is 12.8. The highest BCUT2D eigenvalue weighted by Gasteiger charge is 2.31. The van der Waals surface area contributed by atoms with E-state index >= 15 is 0 Å². The number of β-amino-alcohol motifs (C(OH)–C–C–N with tert-alkyl or cyclic N) is 1. The molecule has 1 aliphatic heterocycles. The predicted molar refractivity (Wildman–Crippen MR) is 55.8 cm³/mol. The number of hydrogen-bond acceptors (Lipinski definition) is 3. The van der Waals surface area contributed by atoms with Crippen LogP contribution in [0, 0.1) is 0 Å². The SMILES string of the molecule is O=C(c1ccc(C(F)(F)F)cn1)N1CC[C@H](O)C1. The lowest BCUT2D eigenvalue weighted by Crippen LogP contribution is -2.30. The molecule has 0 aliphatic carbocycles. The molecule has 1 aromatic rings. The molecule has 2 rings (SSSR count). The third-order valence-corrected chi connectivity index (χ3v) is 2.76. The minimum Gasteiger partial charge on any atom is -0.391 e. The summed E-state index contributed by atoms with van der Waals surface area (Å²) in [6, 6.07) is 1.88. The van der Waals surface area contributed by atoms with Crippen molar-refractivity contribution < 1.29 is 23.1 Å². The maximum absolute atomic E-state index is 12.3. The van der Waals surface area contributed by atoms with E-state index in [-0.39, 0.29) is 12.2 Å². The molecule has 1 atom stereocenters. The number of aliphatic hydroxyl groups is 1. The molecule has 0 saturated carbocycles. The van der Waals surface area contributed by atoms with E-state index in [2.05, 4.69) is 4.98 Å². The van der Waals surface area contributed by atoms with Crippen LogP contribution < -0.4 is 0 Å². The maximum Gasteiger partial charge on any atom is 0.417 e. The second kappa shape index (κ2) is 4.56. The smallest absolute Gasteiger partial charge is 0.391 e. The van der Waals surface area contributed by atoms with Gasteiger partial charge in [-0.05, 0) is 18.6 Å². The van der Waals surface area contributed by atoms with E-state index in [1.54, 1.807) is 0 Å². The van der Waals surface area contributed by atoms with E-state index < -0.39 is 23.8 Å². The number of nitrogens with zero attached hydrogens (tertiary/aromatic N) is 2. The molecule has 0 spiro atoms. The van der Waals surface area contributed by atoms with Gasteiger partial charge in [0.2, 0.25) is 0 Å². The quantitative estimate of drug-likeness (QED) is 0.828. The van der Waals surface area contributed by atoms with E-state index in [9.17, 15) is 23.1 Å². The lowest BCUT2D eigenvalue weighted by molar-refractivity contribution is -0.137. The summed E-state index contributed by atoms with van der Waals surface area (Å²) < 4.78 is 36.9. The molecule has 0 aromatic carbocycles. The summed E-state index contributed by atoms with van der Waals surface area (Å²) in [5.74, 6) is -0.458. The third kappa shape index (κ3) is 2.61. The zero-order chi connectivity index (χ0) is 13.3. The molecule has 1 N–H and O–H groups in total. The summed E-state index contributed by atoms with van der Waals surface area (Å²) in [7, 11) is 0. The number of amides is 1. The van der Waals surface area contributed by atoms with Crippen LogP contribution in [0.15, 0.2) is 18.3 Å². The Kier molecular flexibility index (Phi) is 3.25. The largest absolute Gasteiger partial charge is 0.417 e. The van der Waals surface area contributed by atoms with Gasteiger partial charge in [-0.25, -0.2) is 0 Å². The van der Waals surface area contributed by atoms with Gasteiger partial charge in [-0.15, -0.1) is 0 Å². The average molecular weight is 260 g/mol. The lowest BCUT2D eigenvalue weighted by atomic mass is 10.2. The van der Waals surface area contributed by atoms with E-state index in [0.717, 1.165) is 12.1 Å². The number of aliphatic hydroxyl groups excluding tert-OH is 1. The Morgan fingerprint density at radius 3 is 2.61 bits per heavy atom. The molecule has 1 aliphatic rings. The predicted octanol–water partition coefficient (Wildman–Crippen LogP) is 1.31. The van der Waals surface area contributed by atoms with Crippen molar-refractivity contribution in [3.63, 3.8) is 0 Å². The molecular formula is C11H11F3N2O2. The van der Waals surface area contributed by atoms with E-state index in [1.807, 2.05) is 0 Å². The minimum atomic E-state index is -4.46. The van der Waals surface area contributed by atoms with Gasteiger partial charge in [0.1, 0.15) is 5.69 Å². The van der Waals surface area contributed by atoms with Crippen molar-refractivity contribution in [1.82, 2.24) is 9.88 Å². The summed E-state index contributed by atoms with van der Waals surface area (Å²) in [5.41, 5.74) is -0.933. The fourth-order valence-corrected chi connectivity index (χ4v) is 1.78. The molecular weight excluding hydrogens is 249 g/mol. The van der Waals surface area contributed by atoms with Crippen molar-refractivity contribution in [3.8, 4) is 0 Å². The van der Waals surface area contributed by atoms with Crippen LogP contribution in [0.1, 0.15) is 22.5 Å². The van der Waals surface area contributed by atoms with Crippen molar-refractivity contribution >= 4 is 5.91 Å². The van der Waals surface area contributed by atoms with Gasteiger partial charge in [0, 0.05) is 19.3 Å². The first-order chi connectivity index (χ1) is 8.38. The summed E-state index contributed by atoms with van der Waals surface area (Å²) in [6.07, 6.45) is -3.91. The molecule has 98 valence electrons. The zero-order valence-corrected chi connectivity index (χ0v) is 9.31. The Morgan fingerprint density at radius 2 is 2.17 bits per heavy atom. The highest BCUT2D eigenvalue weighted by molar-refractivity contribution is 5.92. The molecule has 0 radical (unpaired) electrons. The van der Waals surface area contributed by atoms with Crippen molar-refractivity contribution in [1.29, 1.82) is 0 Å². The Hall–Kier alpha value is -1.63. The second-order valence-electron chi connectivity index (χ2n) is 4.12. The molecule has 18 heavy (non-hydrogen) atoms. The van der Waals surface area contributed by atoms with Gasteiger partial charge < -0.3 is 10.0 Å². The fraction of sp³-hybridized carbons (Fsp3) is 0.455. The van der Waals surface area contributed by atoms with E-state index in [4.69, 9.17) is 0 Å². The molecule has 4 nitrogen and oxygen atoms in total. The van der Waals surface area contributed by atoms with Crippen LogP contribution in [-0.2, 0) is 6.18 Å². The van der Waals surface area contributed by atoms with Crippen molar-refractivity contribution in [2.75, 3.05) is 13.1 Å². The number of likely N-dealkylation sites (tertiary alicyclic amines) is 1. The van der Waals surface area contributed by atoms with Gasteiger partial charge in [0.25, 0.3) is 5.91 Å². The summed E-state index contributed by atoms with van der Waals surface area (Å²) >= 11 is 0. The standard InChI is InChI=1S/C11H11F3N2O2/c12-11(13,14)7-1-2-9(15-5-7)10(18)16-4-3-8(17)6-16/h1-2,5,8,17H,3-4,6H2/t8-/m0/s1. The van der Waals surface area contributed by atoms with Crippen LogP contribution in [0.3, 0.4) is 0 Å². The van der Waals surface area contributed by atoms with Gasteiger partial charge >= 0.3 is 6.18 Å². The minimum absolute atomic E-state index is 0.0444.